The highest BCUT2D eigenvalue weighted by Crippen LogP contribution is 2.41. The van der Waals surface area contributed by atoms with E-state index in [1.807, 2.05) is 45.0 Å². The summed E-state index contributed by atoms with van der Waals surface area (Å²) in [4.78, 5) is 34.1. The van der Waals surface area contributed by atoms with Gasteiger partial charge < -0.3 is 33.7 Å². The average molecular weight is 636 g/mol. The van der Waals surface area contributed by atoms with Crippen molar-refractivity contribution in [3.8, 4) is 22.6 Å². The van der Waals surface area contributed by atoms with E-state index in [0.29, 0.717) is 24.4 Å². The molecule has 0 radical (unpaired) electrons. The maximum absolute atomic E-state index is 12.5. The number of benzene rings is 1. The van der Waals surface area contributed by atoms with E-state index in [9.17, 15) is 14.7 Å². The normalized spacial score (nSPS) is 13.4. The number of hydrogen-bond donors (Lipinski definition) is 2. The zero-order valence-corrected chi connectivity index (χ0v) is 28.1. The minimum atomic E-state index is -1.09. The Kier molecular flexibility index (Phi) is 10.5. The molecule has 0 spiro atoms. The van der Waals surface area contributed by atoms with Gasteiger partial charge in [0, 0.05) is 48.5 Å². The number of amides is 1. The van der Waals surface area contributed by atoms with Crippen LogP contribution in [-0.4, -0.2) is 69.3 Å². The number of aromatic nitrogens is 4. The molecule has 1 aromatic carbocycles. The molecule has 2 N–H and O–H groups in total. The monoisotopic (exact) mass is 635 g/mol. The van der Waals surface area contributed by atoms with Crippen LogP contribution in [0.25, 0.3) is 33.5 Å². The van der Waals surface area contributed by atoms with Crippen LogP contribution in [0.2, 0.25) is 0 Å². The Morgan fingerprint density at radius 1 is 1.13 bits per heavy atom. The number of pyridine rings is 1. The molecular weight excluding hydrogens is 590 g/mol. The Morgan fingerprint density at radius 2 is 1.87 bits per heavy atom. The first kappa shape index (κ1) is 34.6. The molecule has 46 heavy (non-hydrogen) atoms. The lowest BCUT2D eigenvalue weighted by molar-refractivity contribution is -0.143. The highest BCUT2D eigenvalue weighted by molar-refractivity contribution is 5.95. The maximum atomic E-state index is 12.5. The largest absolute Gasteiger partial charge is 0.467 e. The Labute approximate surface area is 269 Å². The second-order valence-corrected chi connectivity index (χ2v) is 13.1. The van der Waals surface area contributed by atoms with E-state index in [1.54, 1.807) is 34.1 Å². The lowest BCUT2D eigenvalue weighted by Crippen LogP contribution is -2.45. The van der Waals surface area contributed by atoms with Crippen LogP contribution in [0, 0.1) is 5.41 Å². The van der Waals surface area contributed by atoms with Gasteiger partial charge in [0.05, 0.1) is 31.0 Å². The molecule has 248 valence electrons. The van der Waals surface area contributed by atoms with E-state index in [1.165, 1.54) is 7.11 Å². The van der Waals surface area contributed by atoms with Gasteiger partial charge in [-0.1, -0.05) is 19.0 Å². The van der Waals surface area contributed by atoms with E-state index in [4.69, 9.17) is 18.7 Å². The molecule has 0 unspecified atom stereocenters. The first-order valence-electron chi connectivity index (χ1n) is 15.4. The van der Waals surface area contributed by atoms with Crippen molar-refractivity contribution in [2.24, 2.45) is 5.41 Å². The molecular formula is C34H45N5O7. The third-order valence-corrected chi connectivity index (χ3v) is 7.68. The molecule has 4 rings (SSSR count). The lowest BCUT2D eigenvalue weighted by atomic mass is 9.84. The van der Waals surface area contributed by atoms with Gasteiger partial charge in [0.1, 0.15) is 11.6 Å². The Hall–Kier alpha value is -4.29. The number of carbonyl (C=O) groups is 2. The van der Waals surface area contributed by atoms with Gasteiger partial charge in [-0.15, -0.1) is 0 Å². The molecule has 0 fully saturated rings. The minimum Gasteiger partial charge on any atom is -0.467 e. The van der Waals surface area contributed by atoms with E-state index in [-0.39, 0.29) is 25.0 Å². The molecule has 0 saturated carbocycles. The first-order chi connectivity index (χ1) is 21.7. The van der Waals surface area contributed by atoms with Crippen molar-refractivity contribution in [3.05, 3.63) is 53.7 Å². The molecule has 4 aromatic rings. The van der Waals surface area contributed by atoms with Gasteiger partial charge in [-0.3, -0.25) is 4.98 Å². The second-order valence-electron chi connectivity index (χ2n) is 13.1. The minimum absolute atomic E-state index is 0.00614. The molecule has 0 aliphatic carbocycles. The van der Waals surface area contributed by atoms with Crippen LogP contribution in [0.3, 0.4) is 0 Å². The van der Waals surface area contributed by atoms with Crippen molar-refractivity contribution in [1.82, 2.24) is 25.0 Å². The topological polar surface area (TPSA) is 151 Å². The number of nitrogens with one attached hydrogen (secondary N) is 1. The van der Waals surface area contributed by atoms with E-state index < -0.39 is 29.1 Å². The number of hydrogen-bond acceptors (Lipinski definition) is 10. The zero-order valence-electron chi connectivity index (χ0n) is 28.1. The van der Waals surface area contributed by atoms with Gasteiger partial charge in [0.15, 0.2) is 0 Å². The molecule has 0 bridgehead atoms. The third-order valence-electron chi connectivity index (χ3n) is 7.68. The van der Waals surface area contributed by atoms with Crippen LogP contribution in [0.15, 0.2) is 41.1 Å². The number of aliphatic hydroxyl groups is 1. The summed E-state index contributed by atoms with van der Waals surface area (Å²) in [6.45, 7) is 14.0. The summed E-state index contributed by atoms with van der Waals surface area (Å²) in [6.07, 6.45) is 1.28. The standard InChI is InChI=1S/C34H45N5O7/c1-10-39-26-14-13-21(30-37-27(46-38-30)17-25(31(41)44-9)36-32(42)45-33(3,4)5)16-23(26)24(18-34(6,7)19-40)29(39)22-12-11-15-35-28(22)20(2)43-8/h11-16,20,25,40H,10,17-19H2,1-9H3,(H,36,42)/t20-,25-/m0/s1. The molecule has 0 aliphatic rings. The number of methoxy groups -OCH3 is 2. The fourth-order valence-corrected chi connectivity index (χ4v) is 5.38. The molecule has 2 atom stereocenters. The molecule has 12 heteroatoms. The Bertz CT molecular complexity index is 1680. The van der Waals surface area contributed by atoms with Crippen molar-refractivity contribution in [1.29, 1.82) is 0 Å². The second kappa shape index (κ2) is 14.0. The van der Waals surface area contributed by atoms with E-state index in [0.717, 1.165) is 33.4 Å². The lowest BCUT2D eigenvalue weighted by Gasteiger charge is -2.23. The van der Waals surface area contributed by atoms with Crippen molar-refractivity contribution >= 4 is 23.0 Å². The predicted octanol–water partition coefficient (Wildman–Crippen LogP) is 5.65. The highest BCUT2D eigenvalue weighted by Gasteiger charge is 2.30. The molecule has 3 aromatic heterocycles. The number of alkyl carbamates (subject to hydrolysis) is 1. The molecule has 0 saturated heterocycles. The number of ether oxygens (including phenoxy) is 3. The van der Waals surface area contributed by atoms with Crippen molar-refractivity contribution in [3.63, 3.8) is 0 Å². The first-order valence-corrected chi connectivity index (χ1v) is 15.4. The molecule has 12 nitrogen and oxygen atoms in total. The van der Waals surface area contributed by atoms with Crippen LogP contribution >= 0.6 is 0 Å². The summed E-state index contributed by atoms with van der Waals surface area (Å²) in [5.74, 6) is -0.205. The highest BCUT2D eigenvalue weighted by atomic mass is 16.6. The van der Waals surface area contributed by atoms with Gasteiger partial charge in [-0.25, -0.2) is 9.59 Å². The van der Waals surface area contributed by atoms with Crippen LogP contribution in [0.1, 0.15) is 71.7 Å². The van der Waals surface area contributed by atoms with Crippen molar-refractivity contribution in [2.45, 2.75) is 85.6 Å². The summed E-state index contributed by atoms with van der Waals surface area (Å²) in [5, 5.41) is 18.0. The quantitative estimate of drug-likeness (QED) is 0.187. The fourth-order valence-electron chi connectivity index (χ4n) is 5.38. The number of aliphatic hydroxyl groups excluding tert-OH is 1. The number of fused-ring (bicyclic) bond motifs is 1. The van der Waals surface area contributed by atoms with E-state index >= 15 is 0 Å². The summed E-state index contributed by atoms with van der Waals surface area (Å²) in [5.41, 5.74) is 4.44. The molecule has 1 amide bonds. The van der Waals surface area contributed by atoms with Gasteiger partial charge in [0.2, 0.25) is 11.7 Å². The summed E-state index contributed by atoms with van der Waals surface area (Å²) >= 11 is 0. The number of rotatable bonds is 12. The van der Waals surface area contributed by atoms with Gasteiger partial charge in [0.25, 0.3) is 0 Å². The van der Waals surface area contributed by atoms with Crippen molar-refractivity contribution in [2.75, 3.05) is 20.8 Å². The van der Waals surface area contributed by atoms with Crippen LogP contribution in [-0.2, 0) is 38.4 Å². The number of nitrogens with zero attached hydrogens (tertiary/aromatic N) is 4. The van der Waals surface area contributed by atoms with Crippen LogP contribution in [0.4, 0.5) is 4.79 Å². The summed E-state index contributed by atoms with van der Waals surface area (Å²) < 4.78 is 23.6. The summed E-state index contributed by atoms with van der Waals surface area (Å²) in [7, 11) is 2.90. The zero-order chi connectivity index (χ0) is 33.8. The molecule has 3 heterocycles. The predicted molar refractivity (Wildman–Crippen MR) is 173 cm³/mol. The Balaban J connectivity index is 1.79. The van der Waals surface area contributed by atoms with Gasteiger partial charge >= 0.3 is 12.1 Å². The summed E-state index contributed by atoms with van der Waals surface area (Å²) in [6, 6.07) is 8.86. The SMILES string of the molecule is CCn1c(-c2cccnc2[C@H](C)OC)c(CC(C)(C)CO)c2cc(-c3noc(C[C@H](NC(=O)OC(C)(C)C)C(=O)OC)n3)ccc21. The third kappa shape index (κ3) is 7.73. The molecule has 0 aliphatic heterocycles. The van der Waals surface area contributed by atoms with Gasteiger partial charge in [-0.2, -0.15) is 4.98 Å². The number of carbonyl (C=O) groups excluding carboxylic acids is 2. The smallest absolute Gasteiger partial charge is 0.408 e. The van der Waals surface area contributed by atoms with Crippen molar-refractivity contribution < 1.29 is 33.4 Å². The average Bonchev–Trinajstić information content (AvgIpc) is 3.60. The van der Waals surface area contributed by atoms with Crippen LogP contribution < -0.4 is 5.32 Å². The Morgan fingerprint density at radius 3 is 2.50 bits per heavy atom. The van der Waals surface area contributed by atoms with Crippen LogP contribution in [0.5, 0.6) is 0 Å². The fraction of sp³-hybridized carbons (Fsp3) is 0.500. The maximum Gasteiger partial charge on any atom is 0.408 e. The number of esters is 1. The van der Waals surface area contributed by atoms with E-state index in [2.05, 4.69) is 38.0 Å². The number of aryl methyl sites for hydroxylation is 1. The van der Waals surface area contributed by atoms with Gasteiger partial charge in [-0.05, 0) is 82.3 Å².